The van der Waals surface area contributed by atoms with Crippen molar-refractivity contribution < 1.29 is 35.9 Å². The zero-order valence-corrected chi connectivity index (χ0v) is 22.3. The molecular weight excluding hydrogens is 550 g/mol. The minimum Gasteiger partial charge on any atom is -0.367 e. The predicted molar refractivity (Wildman–Crippen MR) is 137 cm³/mol. The molecule has 2 N–H and O–H groups in total. The molecule has 2 aromatic carbocycles. The highest BCUT2D eigenvalue weighted by molar-refractivity contribution is 6.31. The van der Waals surface area contributed by atoms with Gasteiger partial charge in [-0.3, -0.25) is 14.5 Å². The first-order chi connectivity index (χ1) is 18.1. The second-order valence-electron chi connectivity index (χ2n) is 9.87. The number of carbonyl (C=O) groups is 2. The standard InChI is InChI=1S/C26H29ClF6N4O2/c1-15-14-37(11-10-36(15)9-8-26(31,32)33)20-12-17(27)5-7-19(20)35-23(38)18-6-4-16(21(28)22(18)29)13-34-24(39)25(2,3)30/h4-7,12,15H,8-11,13-14H2,1-3H3,(H,34,39)(H,35,38)/t15-/m1/s1. The van der Waals surface area contributed by atoms with Crippen molar-refractivity contribution in [2.75, 3.05) is 36.4 Å². The Morgan fingerprint density at radius 3 is 2.36 bits per heavy atom. The smallest absolute Gasteiger partial charge is 0.367 e. The summed E-state index contributed by atoms with van der Waals surface area (Å²) in [5.41, 5.74) is -2.35. The van der Waals surface area contributed by atoms with Crippen LogP contribution in [0.3, 0.4) is 0 Å². The first kappa shape index (κ1) is 30.6. The molecule has 1 aliphatic heterocycles. The van der Waals surface area contributed by atoms with Gasteiger partial charge in [-0.25, -0.2) is 13.2 Å². The molecule has 0 spiro atoms. The Balaban J connectivity index is 1.74. The topological polar surface area (TPSA) is 64.7 Å². The van der Waals surface area contributed by atoms with Gasteiger partial charge in [0.2, 0.25) is 0 Å². The molecule has 0 aromatic heterocycles. The molecule has 1 aliphatic rings. The third-order valence-electron chi connectivity index (χ3n) is 6.38. The van der Waals surface area contributed by atoms with E-state index >= 15 is 0 Å². The van der Waals surface area contributed by atoms with Gasteiger partial charge in [-0.05, 0) is 45.0 Å². The van der Waals surface area contributed by atoms with Gasteiger partial charge in [-0.1, -0.05) is 17.7 Å². The van der Waals surface area contributed by atoms with Crippen molar-refractivity contribution in [1.29, 1.82) is 0 Å². The normalized spacial score (nSPS) is 16.8. The number of hydrogen-bond acceptors (Lipinski definition) is 4. The molecule has 3 rings (SSSR count). The molecule has 0 aliphatic carbocycles. The molecule has 1 fully saturated rings. The quantitative estimate of drug-likeness (QED) is 0.395. The average Bonchev–Trinajstić information content (AvgIpc) is 2.83. The Morgan fingerprint density at radius 2 is 1.74 bits per heavy atom. The summed E-state index contributed by atoms with van der Waals surface area (Å²) < 4.78 is 81.1. The van der Waals surface area contributed by atoms with E-state index < -0.39 is 53.8 Å². The highest BCUT2D eigenvalue weighted by Crippen LogP contribution is 2.32. The summed E-state index contributed by atoms with van der Waals surface area (Å²) in [7, 11) is 0. The maximum absolute atomic E-state index is 14.8. The summed E-state index contributed by atoms with van der Waals surface area (Å²) >= 11 is 6.16. The molecule has 6 nitrogen and oxygen atoms in total. The van der Waals surface area contributed by atoms with Crippen LogP contribution in [0.25, 0.3) is 0 Å². The summed E-state index contributed by atoms with van der Waals surface area (Å²) in [5, 5.41) is 5.06. The van der Waals surface area contributed by atoms with Gasteiger partial charge >= 0.3 is 6.18 Å². The van der Waals surface area contributed by atoms with Gasteiger partial charge < -0.3 is 15.5 Å². The van der Waals surface area contributed by atoms with E-state index in [0.717, 1.165) is 26.0 Å². The number of nitrogens with one attached hydrogen (secondary N) is 2. The lowest BCUT2D eigenvalue weighted by molar-refractivity contribution is -0.139. The Hall–Kier alpha value is -2.99. The highest BCUT2D eigenvalue weighted by atomic mass is 35.5. The van der Waals surface area contributed by atoms with Crippen LogP contribution in [0.5, 0.6) is 0 Å². The Kier molecular flexibility index (Phi) is 9.43. The number of hydrogen-bond donors (Lipinski definition) is 2. The zero-order valence-electron chi connectivity index (χ0n) is 21.6. The second kappa shape index (κ2) is 12.0. The summed E-state index contributed by atoms with van der Waals surface area (Å²) in [6.45, 7) is 4.26. The maximum Gasteiger partial charge on any atom is 0.390 e. The molecule has 0 saturated carbocycles. The van der Waals surface area contributed by atoms with Crippen LogP contribution in [0.15, 0.2) is 30.3 Å². The monoisotopic (exact) mass is 578 g/mol. The Morgan fingerprint density at radius 1 is 1.05 bits per heavy atom. The summed E-state index contributed by atoms with van der Waals surface area (Å²) in [4.78, 5) is 28.2. The molecule has 0 radical (unpaired) electrons. The molecule has 39 heavy (non-hydrogen) atoms. The third-order valence-corrected chi connectivity index (χ3v) is 6.62. The predicted octanol–water partition coefficient (Wildman–Crippen LogP) is 5.70. The second-order valence-corrected chi connectivity index (χ2v) is 10.3. The van der Waals surface area contributed by atoms with Crippen LogP contribution in [-0.4, -0.2) is 60.8 Å². The first-order valence-electron chi connectivity index (χ1n) is 12.2. The van der Waals surface area contributed by atoms with Crippen LogP contribution in [0, 0.1) is 11.6 Å². The lowest BCUT2D eigenvalue weighted by Gasteiger charge is -2.41. The van der Waals surface area contributed by atoms with Crippen LogP contribution >= 0.6 is 11.6 Å². The molecule has 214 valence electrons. The van der Waals surface area contributed by atoms with Gasteiger partial charge in [0.05, 0.1) is 23.4 Å². The Bertz CT molecular complexity index is 1220. The maximum atomic E-state index is 14.8. The van der Waals surface area contributed by atoms with Crippen molar-refractivity contribution >= 4 is 34.8 Å². The molecule has 1 saturated heterocycles. The summed E-state index contributed by atoms with van der Waals surface area (Å²) in [6, 6.07) is 6.50. The van der Waals surface area contributed by atoms with Crippen molar-refractivity contribution in [3.63, 3.8) is 0 Å². The lowest BCUT2D eigenvalue weighted by Crippen LogP contribution is -2.52. The van der Waals surface area contributed by atoms with Crippen molar-refractivity contribution in [3.8, 4) is 0 Å². The van der Waals surface area contributed by atoms with Crippen LogP contribution in [-0.2, 0) is 11.3 Å². The number of nitrogens with zero attached hydrogens (tertiary/aromatic N) is 2. The van der Waals surface area contributed by atoms with Gasteiger partial charge in [0, 0.05) is 49.4 Å². The molecular formula is C26H29ClF6N4O2. The number of anilines is 2. The molecule has 1 heterocycles. The van der Waals surface area contributed by atoms with E-state index in [1.165, 1.54) is 12.1 Å². The van der Waals surface area contributed by atoms with Gasteiger partial charge in [-0.15, -0.1) is 0 Å². The van der Waals surface area contributed by atoms with Crippen molar-refractivity contribution in [1.82, 2.24) is 10.2 Å². The first-order valence-corrected chi connectivity index (χ1v) is 12.6. The molecule has 0 bridgehead atoms. The van der Waals surface area contributed by atoms with Crippen LogP contribution < -0.4 is 15.5 Å². The molecule has 2 amide bonds. The summed E-state index contributed by atoms with van der Waals surface area (Å²) in [5.74, 6) is -4.76. The fraction of sp³-hybridized carbons (Fsp3) is 0.462. The fourth-order valence-corrected chi connectivity index (χ4v) is 4.33. The highest BCUT2D eigenvalue weighted by Gasteiger charge is 2.32. The van der Waals surface area contributed by atoms with Crippen LogP contribution in [0.4, 0.5) is 37.7 Å². The number of halogens is 7. The van der Waals surface area contributed by atoms with E-state index in [9.17, 15) is 35.9 Å². The minimum atomic E-state index is -4.26. The van der Waals surface area contributed by atoms with Gasteiger partial charge in [-0.2, -0.15) is 13.2 Å². The number of rotatable bonds is 8. The molecule has 13 heteroatoms. The van der Waals surface area contributed by atoms with E-state index in [2.05, 4.69) is 10.6 Å². The van der Waals surface area contributed by atoms with E-state index in [1.807, 2.05) is 4.90 Å². The number of amides is 2. The van der Waals surface area contributed by atoms with E-state index in [0.29, 0.717) is 30.3 Å². The fourth-order valence-electron chi connectivity index (χ4n) is 4.17. The van der Waals surface area contributed by atoms with E-state index in [-0.39, 0.29) is 23.8 Å². The zero-order chi connectivity index (χ0) is 29.1. The number of benzene rings is 2. The number of piperazine rings is 1. The van der Waals surface area contributed by atoms with Gasteiger partial charge in [0.1, 0.15) is 0 Å². The van der Waals surface area contributed by atoms with Crippen molar-refractivity contribution in [2.45, 2.75) is 51.6 Å². The number of alkyl halides is 4. The molecule has 1 atom stereocenters. The van der Waals surface area contributed by atoms with Gasteiger partial charge in [0.15, 0.2) is 17.3 Å². The number of carbonyl (C=O) groups excluding carboxylic acids is 2. The van der Waals surface area contributed by atoms with E-state index in [1.54, 1.807) is 17.9 Å². The lowest BCUT2D eigenvalue weighted by atomic mass is 10.1. The largest absolute Gasteiger partial charge is 0.390 e. The molecule has 2 aromatic rings. The minimum absolute atomic E-state index is 0.131. The van der Waals surface area contributed by atoms with Crippen LogP contribution in [0.1, 0.15) is 43.1 Å². The van der Waals surface area contributed by atoms with Crippen molar-refractivity contribution in [2.24, 2.45) is 0 Å². The molecule has 0 unspecified atom stereocenters. The van der Waals surface area contributed by atoms with Crippen molar-refractivity contribution in [3.05, 3.63) is 58.1 Å². The SMILES string of the molecule is C[C@@H]1CN(c2cc(Cl)ccc2NC(=O)c2ccc(CNC(=O)C(C)(C)F)c(F)c2F)CCN1CCC(F)(F)F. The Labute approximate surface area is 227 Å². The summed E-state index contributed by atoms with van der Waals surface area (Å²) in [6.07, 6.45) is -5.18. The van der Waals surface area contributed by atoms with Crippen LogP contribution in [0.2, 0.25) is 5.02 Å². The third kappa shape index (κ3) is 8.01. The van der Waals surface area contributed by atoms with E-state index in [4.69, 9.17) is 11.6 Å². The average molecular weight is 579 g/mol. The van der Waals surface area contributed by atoms with Gasteiger partial charge in [0.25, 0.3) is 11.8 Å².